The van der Waals surface area contributed by atoms with Crippen LogP contribution in [0.5, 0.6) is 0 Å². The SMILES string of the molecule is C=CC(=C)/C(=C\C)N=C(C)c1ccccc1F. The van der Waals surface area contributed by atoms with Gasteiger partial charge in [0.05, 0.1) is 5.70 Å². The summed E-state index contributed by atoms with van der Waals surface area (Å²) in [6.07, 6.45) is 3.46. The largest absolute Gasteiger partial charge is 0.253 e. The molecule has 0 aliphatic carbocycles. The molecule has 1 rings (SSSR count). The molecule has 0 fully saturated rings. The number of hydrogen-bond acceptors (Lipinski definition) is 1. The van der Waals surface area contributed by atoms with Gasteiger partial charge in [0.2, 0.25) is 0 Å². The van der Waals surface area contributed by atoms with Crippen LogP contribution in [0.4, 0.5) is 4.39 Å². The lowest BCUT2D eigenvalue weighted by molar-refractivity contribution is 0.625. The second-order valence-corrected chi connectivity index (χ2v) is 3.58. The van der Waals surface area contributed by atoms with Crippen LogP contribution in [0.15, 0.2) is 65.8 Å². The summed E-state index contributed by atoms with van der Waals surface area (Å²) < 4.78 is 13.5. The first-order valence-electron chi connectivity index (χ1n) is 5.38. The molecule has 1 aromatic rings. The summed E-state index contributed by atoms with van der Waals surface area (Å²) in [5.41, 5.74) is 2.56. The Bertz CT molecular complexity index is 495. The zero-order valence-corrected chi connectivity index (χ0v) is 10.2. The van der Waals surface area contributed by atoms with E-state index in [9.17, 15) is 4.39 Å². The number of nitrogens with zero attached hydrogens (tertiary/aromatic N) is 1. The fourth-order valence-electron chi connectivity index (χ4n) is 1.42. The van der Waals surface area contributed by atoms with Gasteiger partial charge >= 0.3 is 0 Å². The molecule has 0 amide bonds. The average molecular weight is 229 g/mol. The fraction of sp³-hybridized carbons (Fsp3) is 0.133. The number of aliphatic imine (C=N–C) groups is 1. The molecule has 1 nitrogen and oxygen atoms in total. The number of rotatable bonds is 4. The molecule has 2 heteroatoms. The minimum atomic E-state index is -0.270. The van der Waals surface area contributed by atoms with Gasteiger partial charge in [-0.3, -0.25) is 4.99 Å². The number of halogens is 1. The highest BCUT2D eigenvalue weighted by Gasteiger charge is 2.05. The number of hydrogen-bond donors (Lipinski definition) is 0. The molecule has 0 aromatic heterocycles. The highest BCUT2D eigenvalue weighted by Crippen LogP contribution is 2.14. The van der Waals surface area contributed by atoms with E-state index in [-0.39, 0.29) is 5.82 Å². The lowest BCUT2D eigenvalue weighted by Crippen LogP contribution is -1.99. The Morgan fingerprint density at radius 2 is 2.00 bits per heavy atom. The highest BCUT2D eigenvalue weighted by molar-refractivity contribution is 5.99. The second kappa shape index (κ2) is 5.94. The van der Waals surface area contributed by atoms with Gasteiger partial charge in [-0.15, -0.1) is 0 Å². The fourth-order valence-corrected chi connectivity index (χ4v) is 1.42. The van der Waals surface area contributed by atoms with E-state index >= 15 is 0 Å². The summed E-state index contributed by atoms with van der Waals surface area (Å²) >= 11 is 0. The lowest BCUT2D eigenvalue weighted by Gasteiger charge is -2.05. The van der Waals surface area contributed by atoms with Crippen molar-refractivity contribution in [2.75, 3.05) is 0 Å². The van der Waals surface area contributed by atoms with Gasteiger partial charge in [-0.2, -0.15) is 0 Å². The Hall–Kier alpha value is -1.96. The van der Waals surface area contributed by atoms with Crippen molar-refractivity contribution in [2.24, 2.45) is 4.99 Å². The molecule has 88 valence electrons. The molecule has 0 unspecified atom stereocenters. The third-order valence-electron chi connectivity index (χ3n) is 2.40. The maximum atomic E-state index is 13.5. The molecule has 0 aliphatic rings. The first-order chi connectivity index (χ1) is 8.10. The van der Waals surface area contributed by atoms with E-state index in [0.29, 0.717) is 17.0 Å². The van der Waals surface area contributed by atoms with Crippen molar-refractivity contribution in [2.45, 2.75) is 13.8 Å². The third kappa shape index (κ3) is 3.25. The Balaban J connectivity index is 3.12. The summed E-state index contributed by atoms with van der Waals surface area (Å²) in [4.78, 5) is 4.36. The molecule has 0 atom stereocenters. The van der Waals surface area contributed by atoms with E-state index in [4.69, 9.17) is 0 Å². The molecular formula is C15H16FN. The van der Waals surface area contributed by atoms with Gasteiger partial charge in [0.15, 0.2) is 0 Å². The van der Waals surface area contributed by atoms with Gasteiger partial charge in [0, 0.05) is 11.3 Å². The van der Waals surface area contributed by atoms with Gasteiger partial charge in [0.25, 0.3) is 0 Å². The van der Waals surface area contributed by atoms with Gasteiger partial charge < -0.3 is 0 Å². The van der Waals surface area contributed by atoms with Gasteiger partial charge in [-0.1, -0.05) is 43.5 Å². The summed E-state index contributed by atoms with van der Waals surface area (Å²) in [5.74, 6) is -0.270. The summed E-state index contributed by atoms with van der Waals surface area (Å²) in [7, 11) is 0. The molecule has 0 radical (unpaired) electrons. The van der Waals surface area contributed by atoms with Crippen molar-refractivity contribution < 1.29 is 4.39 Å². The maximum absolute atomic E-state index is 13.5. The Morgan fingerprint density at radius 1 is 1.35 bits per heavy atom. The number of benzene rings is 1. The molecule has 17 heavy (non-hydrogen) atoms. The minimum Gasteiger partial charge on any atom is -0.253 e. The lowest BCUT2D eigenvalue weighted by atomic mass is 10.1. The van der Waals surface area contributed by atoms with Crippen molar-refractivity contribution in [1.82, 2.24) is 0 Å². The molecule has 0 saturated heterocycles. The van der Waals surface area contributed by atoms with Crippen molar-refractivity contribution in [3.05, 3.63) is 72.2 Å². The smallest absolute Gasteiger partial charge is 0.132 e. The summed E-state index contributed by atoms with van der Waals surface area (Å²) in [6.45, 7) is 11.1. The van der Waals surface area contributed by atoms with Crippen LogP contribution in [0.1, 0.15) is 19.4 Å². The minimum absolute atomic E-state index is 0.270. The van der Waals surface area contributed by atoms with Crippen LogP contribution in [0.25, 0.3) is 0 Å². The molecule has 0 bridgehead atoms. The molecule has 0 saturated carbocycles. The predicted molar refractivity (Wildman–Crippen MR) is 71.7 cm³/mol. The van der Waals surface area contributed by atoms with Crippen LogP contribution in [0.2, 0.25) is 0 Å². The molecule has 0 spiro atoms. The number of allylic oxidation sites excluding steroid dienone is 2. The standard InChI is InChI=1S/C15H16FN/c1-5-11(3)15(6-2)17-12(4)13-9-7-8-10-14(13)16/h5-10H,1,3H2,2,4H3/b15-6+,17-12?. The quantitative estimate of drug-likeness (QED) is 0.539. The van der Waals surface area contributed by atoms with Crippen LogP contribution in [-0.2, 0) is 0 Å². The predicted octanol–water partition coefficient (Wildman–Crippen LogP) is 4.28. The van der Waals surface area contributed by atoms with E-state index in [1.54, 1.807) is 31.2 Å². The molecular weight excluding hydrogens is 213 g/mol. The highest BCUT2D eigenvalue weighted by atomic mass is 19.1. The topological polar surface area (TPSA) is 12.4 Å². The molecule has 0 aliphatic heterocycles. The van der Waals surface area contributed by atoms with Gasteiger partial charge in [-0.25, -0.2) is 4.39 Å². The zero-order valence-electron chi connectivity index (χ0n) is 10.2. The van der Waals surface area contributed by atoms with E-state index in [2.05, 4.69) is 18.2 Å². The summed E-state index contributed by atoms with van der Waals surface area (Å²) in [5, 5.41) is 0. The zero-order chi connectivity index (χ0) is 12.8. The van der Waals surface area contributed by atoms with E-state index < -0.39 is 0 Å². The van der Waals surface area contributed by atoms with Crippen LogP contribution < -0.4 is 0 Å². The molecule has 0 N–H and O–H groups in total. The van der Waals surface area contributed by atoms with Crippen LogP contribution >= 0.6 is 0 Å². The Kier molecular flexibility index (Phi) is 4.58. The van der Waals surface area contributed by atoms with Crippen LogP contribution in [-0.4, -0.2) is 5.71 Å². The maximum Gasteiger partial charge on any atom is 0.132 e. The molecule has 1 aromatic carbocycles. The van der Waals surface area contributed by atoms with E-state index in [0.717, 1.165) is 5.57 Å². The van der Waals surface area contributed by atoms with Crippen LogP contribution in [0.3, 0.4) is 0 Å². The third-order valence-corrected chi connectivity index (χ3v) is 2.40. The first-order valence-corrected chi connectivity index (χ1v) is 5.38. The first kappa shape index (κ1) is 13.1. The van der Waals surface area contributed by atoms with Crippen molar-refractivity contribution in [3.63, 3.8) is 0 Å². The normalized spacial score (nSPS) is 12.4. The van der Waals surface area contributed by atoms with E-state index in [1.165, 1.54) is 6.07 Å². The monoisotopic (exact) mass is 229 g/mol. The summed E-state index contributed by atoms with van der Waals surface area (Å²) in [6, 6.07) is 6.57. The van der Waals surface area contributed by atoms with Gasteiger partial charge in [0.1, 0.15) is 5.82 Å². The van der Waals surface area contributed by atoms with Crippen molar-refractivity contribution in [3.8, 4) is 0 Å². The average Bonchev–Trinajstić information content (AvgIpc) is 2.35. The Labute approximate surface area is 102 Å². The van der Waals surface area contributed by atoms with E-state index in [1.807, 2.05) is 13.0 Å². The van der Waals surface area contributed by atoms with Gasteiger partial charge in [-0.05, 0) is 25.5 Å². The van der Waals surface area contributed by atoms with Crippen molar-refractivity contribution in [1.29, 1.82) is 0 Å². The van der Waals surface area contributed by atoms with Crippen molar-refractivity contribution >= 4 is 5.71 Å². The second-order valence-electron chi connectivity index (χ2n) is 3.58. The molecule has 0 heterocycles. The van der Waals surface area contributed by atoms with Crippen LogP contribution in [0, 0.1) is 5.82 Å². The Morgan fingerprint density at radius 3 is 2.53 bits per heavy atom.